The van der Waals surface area contributed by atoms with Crippen molar-refractivity contribution in [1.82, 2.24) is 0 Å². The van der Waals surface area contributed by atoms with E-state index in [4.69, 9.17) is 0 Å². The van der Waals surface area contributed by atoms with Crippen molar-refractivity contribution in [3.63, 3.8) is 0 Å². The maximum absolute atomic E-state index is 3.95. The van der Waals surface area contributed by atoms with Gasteiger partial charge in [0.15, 0.2) is 0 Å². The monoisotopic (exact) mass is 518 g/mol. The molecule has 0 N–H and O–H groups in total. The van der Waals surface area contributed by atoms with Gasteiger partial charge in [0.05, 0.1) is 0 Å². The van der Waals surface area contributed by atoms with Crippen LogP contribution >= 0.6 is 0 Å². The van der Waals surface area contributed by atoms with Crippen LogP contribution in [0.1, 0.15) is 127 Å². The van der Waals surface area contributed by atoms with Gasteiger partial charge in [0.2, 0.25) is 0 Å². The average Bonchev–Trinajstić information content (AvgIpc) is 3.46. The first kappa shape index (κ1) is 39.9. The van der Waals surface area contributed by atoms with Crippen LogP contribution in [0.4, 0.5) is 0 Å². The van der Waals surface area contributed by atoms with Crippen molar-refractivity contribution in [2.75, 3.05) is 0 Å². The van der Waals surface area contributed by atoms with Crippen LogP contribution in [-0.2, 0) is 5.41 Å². The molecule has 1 aromatic rings. The Morgan fingerprint density at radius 1 is 0.868 bits per heavy atom. The lowest BCUT2D eigenvalue weighted by Crippen LogP contribution is -2.22. The van der Waals surface area contributed by atoms with E-state index in [2.05, 4.69) is 101 Å². The first-order chi connectivity index (χ1) is 18.6. The Balaban J connectivity index is -0.00000110. The summed E-state index contributed by atoms with van der Waals surface area (Å²) in [7, 11) is 0. The fourth-order valence-corrected chi connectivity index (χ4v) is 4.93. The first-order valence-corrected chi connectivity index (χ1v) is 15.3. The molecule has 0 saturated carbocycles. The van der Waals surface area contributed by atoms with Crippen LogP contribution in [0.2, 0.25) is 0 Å². The third-order valence-corrected chi connectivity index (χ3v) is 6.14. The summed E-state index contributed by atoms with van der Waals surface area (Å²) in [6, 6.07) is 8.93. The summed E-state index contributed by atoms with van der Waals surface area (Å²) in [4.78, 5) is 0. The van der Waals surface area contributed by atoms with Crippen LogP contribution < -0.4 is 0 Å². The predicted octanol–water partition coefficient (Wildman–Crippen LogP) is 13.2. The van der Waals surface area contributed by atoms with Crippen LogP contribution in [0.5, 0.6) is 0 Å². The maximum Gasteiger partial charge on any atom is 0.0289 e. The molecule has 2 aliphatic rings. The van der Waals surface area contributed by atoms with E-state index in [-0.39, 0.29) is 5.41 Å². The van der Waals surface area contributed by atoms with Crippen molar-refractivity contribution in [3.8, 4) is 0 Å². The van der Waals surface area contributed by atoms with Crippen LogP contribution in [-0.4, -0.2) is 0 Å². The minimum atomic E-state index is 0.0800. The van der Waals surface area contributed by atoms with Gasteiger partial charge in [0.1, 0.15) is 0 Å². The second-order valence-electron chi connectivity index (χ2n) is 7.78. The van der Waals surface area contributed by atoms with Gasteiger partial charge in [-0.1, -0.05) is 154 Å². The molecule has 1 aromatic carbocycles. The molecule has 0 radical (unpaired) electrons. The number of allylic oxidation sites excluding steroid dienone is 13. The highest BCUT2D eigenvalue weighted by Crippen LogP contribution is 2.59. The molecule has 1 spiro atoms. The molecule has 0 aromatic heterocycles. The zero-order valence-corrected chi connectivity index (χ0v) is 27.8. The Kier molecular flexibility index (Phi) is 26.0. The van der Waals surface area contributed by atoms with Gasteiger partial charge >= 0.3 is 0 Å². The zero-order chi connectivity index (χ0) is 30.1. The second-order valence-corrected chi connectivity index (χ2v) is 7.78. The molecule has 38 heavy (non-hydrogen) atoms. The van der Waals surface area contributed by atoms with Gasteiger partial charge < -0.3 is 0 Å². The molecule has 0 amide bonds. The standard InChI is InChI=1S/C28H32.5C2H6/c1-6-13-22(8-3)15-12-16-23-20-28(19-21(23)5)26(9-4)24(14-7-2)25-17-10-11-18-27(25)28;5*1-2/h6-14,16-18H,2,15,19-20H2,1,3-5H3;5*1-2H3/b13-6-,16-12-,22-8+,24-14-,26-9+;;;;;. The molecule has 0 aliphatic heterocycles. The minimum Gasteiger partial charge on any atom is -0.0990 e. The third-order valence-electron chi connectivity index (χ3n) is 6.14. The fraction of sp³-hybridized carbons (Fsp3) is 0.474. The van der Waals surface area contributed by atoms with Crippen molar-refractivity contribution >= 4 is 5.57 Å². The Hall–Kier alpha value is -2.60. The third kappa shape index (κ3) is 10.3. The van der Waals surface area contributed by atoms with E-state index in [0.717, 1.165) is 19.3 Å². The van der Waals surface area contributed by atoms with E-state index in [9.17, 15) is 0 Å². The molecule has 0 nitrogen and oxygen atoms in total. The molecular weight excluding hydrogens is 456 g/mol. The summed E-state index contributed by atoms with van der Waals surface area (Å²) in [6.07, 6.45) is 20.8. The van der Waals surface area contributed by atoms with E-state index < -0.39 is 0 Å². The Morgan fingerprint density at radius 2 is 1.45 bits per heavy atom. The average molecular weight is 519 g/mol. The van der Waals surface area contributed by atoms with Gasteiger partial charge in [0, 0.05) is 5.41 Å². The zero-order valence-electron chi connectivity index (χ0n) is 27.8. The lowest BCUT2D eigenvalue weighted by atomic mass is 9.74. The summed E-state index contributed by atoms with van der Waals surface area (Å²) < 4.78 is 0. The predicted molar refractivity (Wildman–Crippen MR) is 181 cm³/mol. The largest absolute Gasteiger partial charge is 0.0990 e. The van der Waals surface area contributed by atoms with Crippen molar-refractivity contribution in [2.45, 2.75) is 122 Å². The molecule has 2 aliphatic carbocycles. The Bertz CT molecular complexity index is 940. The Morgan fingerprint density at radius 3 is 1.95 bits per heavy atom. The van der Waals surface area contributed by atoms with Crippen molar-refractivity contribution < 1.29 is 0 Å². The number of hydrogen-bond acceptors (Lipinski definition) is 0. The van der Waals surface area contributed by atoms with Crippen LogP contribution in [0.3, 0.4) is 0 Å². The van der Waals surface area contributed by atoms with Gasteiger partial charge in [0.25, 0.3) is 0 Å². The summed E-state index contributed by atoms with van der Waals surface area (Å²) in [6.45, 7) is 32.6. The molecule has 1 unspecified atom stereocenters. The van der Waals surface area contributed by atoms with E-state index in [1.807, 2.05) is 75.3 Å². The van der Waals surface area contributed by atoms with Crippen molar-refractivity contribution in [1.29, 1.82) is 0 Å². The number of hydrogen-bond donors (Lipinski definition) is 0. The highest BCUT2D eigenvalue weighted by Gasteiger charge is 2.47. The molecule has 0 saturated heterocycles. The smallest absolute Gasteiger partial charge is 0.0289 e. The van der Waals surface area contributed by atoms with Crippen molar-refractivity contribution in [3.05, 3.63) is 113 Å². The SMILES string of the molecule is C=C/C=C1\C(=C/C)C2(CC(C)=C(/C=C\CC(/C=C\C)=C/C)C2)c2ccccc21.CC.CC.CC.CC.CC. The molecule has 1 atom stereocenters. The molecule has 0 heteroatoms. The maximum atomic E-state index is 3.95. The minimum absolute atomic E-state index is 0.0800. The van der Waals surface area contributed by atoms with Crippen LogP contribution in [0.25, 0.3) is 5.57 Å². The summed E-state index contributed by atoms with van der Waals surface area (Å²) >= 11 is 0. The second kappa shape index (κ2) is 24.7. The van der Waals surface area contributed by atoms with Gasteiger partial charge in [-0.05, 0) is 80.4 Å². The summed E-state index contributed by atoms with van der Waals surface area (Å²) in [5.74, 6) is 0. The van der Waals surface area contributed by atoms with E-state index in [1.165, 1.54) is 39.0 Å². The van der Waals surface area contributed by atoms with Gasteiger partial charge in [-0.2, -0.15) is 0 Å². The molecule has 3 rings (SSSR count). The van der Waals surface area contributed by atoms with Gasteiger partial charge in [-0.15, -0.1) is 0 Å². The van der Waals surface area contributed by atoms with Crippen LogP contribution in [0, 0.1) is 0 Å². The first-order valence-electron chi connectivity index (χ1n) is 15.3. The van der Waals surface area contributed by atoms with Crippen molar-refractivity contribution in [2.24, 2.45) is 0 Å². The lowest BCUT2D eigenvalue weighted by Gasteiger charge is -2.28. The summed E-state index contributed by atoms with van der Waals surface area (Å²) in [5.41, 5.74) is 10.1. The van der Waals surface area contributed by atoms with Gasteiger partial charge in [-0.3, -0.25) is 0 Å². The molecule has 214 valence electrons. The molecule has 0 bridgehead atoms. The summed E-state index contributed by atoms with van der Waals surface area (Å²) in [5, 5.41) is 0. The lowest BCUT2D eigenvalue weighted by molar-refractivity contribution is 0.559. The van der Waals surface area contributed by atoms with Gasteiger partial charge in [-0.25, -0.2) is 0 Å². The molecule has 0 heterocycles. The normalized spacial score (nSPS) is 19.4. The molecular formula is C38H62. The number of fused-ring (bicyclic) bond motifs is 2. The highest BCUT2D eigenvalue weighted by molar-refractivity contribution is 5.91. The Labute approximate surface area is 239 Å². The van der Waals surface area contributed by atoms with Crippen LogP contribution in [0.15, 0.2) is 102 Å². The highest BCUT2D eigenvalue weighted by atomic mass is 14.5. The fourth-order valence-electron chi connectivity index (χ4n) is 4.93. The van der Waals surface area contributed by atoms with E-state index >= 15 is 0 Å². The van der Waals surface area contributed by atoms with E-state index in [0.29, 0.717) is 0 Å². The number of rotatable bonds is 5. The quantitative estimate of drug-likeness (QED) is 0.340. The number of benzene rings is 1. The molecule has 0 fully saturated rings. The topological polar surface area (TPSA) is 0 Å². The van der Waals surface area contributed by atoms with E-state index in [1.54, 1.807) is 0 Å².